The molecule has 22 heavy (non-hydrogen) atoms. The second kappa shape index (κ2) is 8.33. The third-order valence-corrected chi connectivity index (χ3v) is 6.35. The highest BCUT2D eigenvalue weighted by atomic mass is 79.9. The van der Waals surface area contributed by atoms with E-state index < -0.39 is 0 Å². The third kappa shape index (κ3) is 4.24. The van der Waals surface area contributed by atoms with E-state index in [2.05, 4.69) is 31.9 Å². The Hall–Kier alpha value is -0.570. The Labute approximate surface area is 153 Å². The first-order valence-corrected chi connectivity index (χ1v) is 9.73. The molecular weight excluding hydrogens is 456 g/mol. The van der Waals surface area contributed by atoms with Gasteiger partial charge in [0, 0.05) is 22.1 Å². The van der Waals surface area contributed by atoms with Crippen LogP contribution in [0.4, 0.5) is 0 Å². The monoisotopic (exact) mass is 468 g/mol. The van der Waals surface area contributed by atoms with Gasteiger partial charge in [-0.05, 0) is 38.8 Å². The van der Waals surface area contributed by atoms with Gasteiger partial charge in [0.1, 0.15) is 5.75 Å². The number of thiophene rings is 2. The number of rotatable bonds is 7. The number of esters is 1. The number of carbonyl (C=O) groups is 1. The molecule has 0 fully saturated rings. The lowest BCUT2D eigenvalue weighted by Crippen LogP contribution is -2.07. The zero-order valence-corrected chi connectivity index (χ0v) is 16.8. The predicted octanol–water partition coefficient (Wildman–Crippen LogP) is 5.28. The Bertz CT molecular complexity index is 632. The minimum Gasteiger partial charge on any atom is -0.491 e. The lowest BCUT2D eigenvalue weighted by Gasteiger charge is -2.09. The van der Waals surface area contributed by atoms with Crippen LogP contribution < -0.4 is 9.47 Å². The zero-order valence-electron chi connectivity index (χ0n) is 12.0. The lowest BCUT2D eigenvalue weighted by molar-refractivity contribution is 0.0602. The van der Waals surface area contributed by atoms with Crippen molar-refractivity contribution >= 4 is 60.5 Å². The molecule has 0 atom stereocenters. The molecule has 0 amide bonds. The van der Waals surface area contributed by atoms with Crippen molar-refractivity contribution in [2.45, 2.75) is 13.3 Å². The predicted molar refractivity (Wildman–Crippen MR) is 95.7 cm³/mol. The SMILES string of the molecule is COC(=O)c1scc(Br)c1OCCCOc1c(Br)csc1C. The molecule has 8 heteroatoms. The first kappa shape index (κ1) is 17.8. The van der Waals surface area contributed by atoms with Gasteiger partial charge in [0.05, 0.1) is 29.3 Å². The maximum Gasteiger partial charge on any atom is 0.351 e. The van der Waals surface area contributed by atoms with Gasteiger partial charge in [0.15, 0.2) is 10.6 Å². The molecule has 2 aromatic heterocycles. The Balaban J connectivity index is 1.82. The molecule has 0 saturated heterocycles. The van der Waals surface area contributed by atoms with Crippen LogP contribution in [0.15, 0.2) is 19.7 Å². The second-order valence-electron chi connectivity index (χ2n) is 4.25. The van der Waals surface area contributed by atoms with E-state index in [0.717, 1.165) is 19.6 Å². The average Bonchev–Trinajstić information content (AvgIpc) is 3.03. The molecule has 0 radical (unpaired) electrons. The van der Waals surface area contributed by atoms with Crippen LogP contribution in [0.25, 0.3) is 0 Å². The van der Waals surface area contributed by atoms with E-state index in [1.54, 1.807) is 11.3 Å². The second-order valence-corrected chi connectivity index (χ2v) is 7.93. The van der Waals surface area contributed by atoms with Crippen molar-refractivity contribution in [1.29, 1.82) is 0 Å². The first-order chi connectivity index (χ1) is 10.5. The molecule has 0 aromatic carbocycles. The van der Waals surface area contributed by atoms with E-state index in [9.17, 15) is 4.79 Å². The highest BCUT2D eigenvalue weighted by molar-refractivity contribution is 9.11. The summed E-state index contributed by atoms with van der Waals surface area (Å²) < 4.78 is 17.9. The van der Waals surface area contributed by atoms with Crippen molar-refractivity contribution in [2.24, 2.45) is 0 Å². The number of ether oxygens (including phenoxy) is 3. The molecule has 0 N–H and O–H groups in total. The summed E-state index contributed by atoms with van der Waals surface area (Å²) in [6.07, 6.45) is 0.713. The van der Waals surface area contributed by atoms with Crippen molar-refractivity contribution in [3.05, 3.63) is 29.5 Å². The Morgan fingerprint density at radius 1 is 1.09 bits per heavy atom. The normalized spacial score (nSPS) is 10.5. The van der Waals surface area contributed by atoms with E-state index in [1.165, 1.54) is 18.4 Å². The molecule has 0 aliphatic heterocycles. The summed E-state index contributed by atoms with van der Waals surface area (Å²) in [5, 5.41) is 3.82. The van der Waals surface area contributed by atoms with Crippen molar-refractivity contribution < 1.29 is 19.0 Å². The van der Waals surface area contributed by atoms with Crippen LogP contribution in [0.2, 0.25) is 0 Å². The van der Waals surface area contributed by atoms with E-state index in [-0.39, 0.29) is 5.97 Å². The average molecular weight is 470 g/mol. The van der Waals surface area contributed by atoms with Gasteiger partial charge in [0.2, 0.25) is 0 Å². The summed E-state index contributed by atoms with van der Waals surface area (Å²) in [5.41, 5.74) is 0. The smallest absolute Gasteiger partial charge is 0.351 e. The summed E-state index contributed by atoms with van der Waals surface area (Å²) in [4.78, 5) is 13.2. The Morgan fingerprint density at radius 2 is 1.68 bits per heavy atom. The fraction of sp³-hybridized carbons (Fsp3) is 0.357. The van der Waals surface area contributed by atoms with E-state index in [0.29, 0.717) is 30.3 Å². The largest absolute Gasteiger partial charge is 0.491 e. The molecular formula is C14H14Br2O4S2. The maximum atomic E-state index is 11.6. The van der Waals surface area contributed by atoms with Gasteiger partial charge in [-0.2, -0.15) is 0 Å². The van der Waals surface area contributed by atoms with Crippen molar-refractivity contribution in [1.82, 2.24) is 0 Å². The molecule has 2 heterocycles. The van der Waals surface area contributed by atoms with Crippen LogP contribution in [0.5, 0.6) is 11.5 Å². The highest BCUT2D eigenvalue weighted by Gasteiger charge is 2.18. The molecule has 0 aliphatic rings. The number of aryl methyl sites for hydroxylation is 1. The summed E-state index contributed by atoms with van der Waals surface area (Å²) in [5.74, 6) is 1.03. The van der Waals surface area contributed by atoms with Crippen molar-refractivity contribution in [3.63, 3.8) is 0 Å². The number of halogens is 2. The zero-order chi connectivity index (χ0) is 16.1. The molecule has 0 saturated carbocycles. The molecule has 0 bridgehead atoms. The van der Waals surface area contributed by atoms with Crippen LogP contribution in [-0.2, 0) is 4.74 Å². The molecule has 0 aliphatic carbocycles. The summed E-state index contributed by atoms with van der Waals surface area (Å²) in [7, 11) is 1.36. The van der Waals surface area contributed by atoms with E-state index >= 15 is 0 Å². The number of hydrogen-bond donors (Lipinski definition) is 0. The minimum atomic E-state index is -0.389. The van der Waals surface area contributed by atoms with Gasteiger partial charge < -0.3 is 14.2 Å². The maximum absolute atomic E-state index is 11.6. The summed E-state index contributed by atoms with van der Waals surface area (Å²) >= 11 is 9.77. The molecule has 0 unspecified atom stereocenters. The molecule has 2 aromatic rings. The van der Waals surface area contributed by atoms with Gasteiger partial charge in [-0.3, -0.25) is 0 Å². The van der Waals surface area contributed by atoms with Crippen LogP contribution in [0.3, 0.4) is 0 Å². The standard InChI is InChI=1S/C14H14Br2O4S2/c1-8-11(9(15)6-21-8)19-4-3-5-20-12-10(16)7-22-13(12)14(17)18-2/h6-7H,3-5H2,1-2H3. The Morgan fingerprint density at radius 3 is 2.27 bits per heavy atom. The van der Waals surface area contributed by atoms with Gasteiger partial charge in [0.25, 0.3) is 0 Å². The van der Waals surface area contributed by atoms with E-state index in [4.69, 9.17) is 14.2 Å². The van der Waals surface area contributed by atoms with Crippen LogP contribution in [-0.4, -0.2) is 26.3 Å². The number of carbonyl (C=O) groups excluding carboxylic acids is 1. The van der Waals surface area contributed by atoms with E-state index in [1.807, 2.05) is 17.7 Å². The van der Waals surface area contributed by atoms with Gasteiger partial charge in [-0.15, -0.1) is 22.7 Å². The minimum absolute atomic E-state index is 0.389. The topological polar surface area (TPSA) is 44.8 Å². The summed E-state index contributed by atoms with van der Waals surface area (Å²) in [6, 6.07) is 0. The summed E-state index contributed by atoms with van der Waals surface area (Å²) in [6.45, 7) is 3.03. The van der Waals surface area contributed by atoms with Crippen LogP contribution >= 0.6 is 54.5 Å². The van der Waals surface area contributed by atoms with Crippen molar-refractivity contribution in [3.8, 4) is 11.5 Å². The number of hydrogen-bond acceptors (Lipinski definition) is 6. The van der Waals surface area contributed by atoms with Crippen molar-refractivity contribution in [2.75, 3.05) is 20.3 Å². The number of methoxy groups -OCH3 is 1. The quantitative estimate of drug-likeness (QED) is 0.408. The van der Waals surface area contributed by atoms with Gasteiger partial charge >= 0.3 is 5.97 Å². The molecule has 0 spiro atoms. The molecule has 2 rings (SSSR count). The molecule has 120 valence electrons. The fourth-order valence-corrected chi connectivity index (χ4v) is 4.68. The fourth-order valence-electron chi connectivity index (χ4n) is 1.69. The highest BCUT2D eigenvalue weighted by Crippen LogP contribution is 2.36. The Kier molecular flexibility index (Phi) is 6.73. The van der Waals surface area contributed by atoms with Crippen LogP contribution in [0.1, 0.15) is 21.0 Å². The first-order valence-electron chi connectivity index (χ1n) is 6.39. The third-order valence-electron chi connectivity index (χ3n) is 2.73. The molecule has 4 nitrogen and oxygen atoms in total. The van der Waals surface area contributed by atoms with Crippen LogP contribution in [0, 0.1) is 6.92 Å². The van der Waals surface area contributed by atoms with Gasteiger partial charge in [-0.25, -0.2) is 4.79 Å². The van der Waals surface area contributed by atoms with Gasteiger partial charge in [-0.1, -0.05) is 0 Å². The lowest BCUT2D eigenvalue weighted by atomic mass is 10.4.